The van der Waals surface area contributed by atoms with E-state index in [-0.39, 0.29) is 11.3 Å². The second-order valence-corrected chi connectivity index (χ2v) is 5.36. The number of hydroxylamine groups is 4. The smallest absolute Gasteiger partial charge is 0.166 e. The third kappa shape index (κ3) is 1.06. The van der Waals surface area contributed by atoms with E-state index in [2.05, 4.69) is 6.92 Å². The highest BCUT2D eigenvalue weighted by molar-refractivity contribution is 5.04. The van der Waals surface area contributed by atoms with Gasteiger partial charge in [-0.1, -0.05) is 0 Å². The first-order chi connectivity index (χ1) is 5.70. The van der Waals surface area contributed by atoms with Gasteiger partial charge in [0.1, 0.15) is 5.66 Å². The van der Waals surface area contributed by atoms with E-state index in [4.69, 9.17) is 4.84 Å². The van der Waals surface area contributed by atoms with Crippen LogP contribution in [0.3, 0.4) is 0 Å². The molecule has 0 aliphatic carbocycles. The van der Waals surface area contributed by atoms with Gasteiger partial charge in [0.2, 0.25) is 0 Å². The first kappa shape index (κ1) is 9.40. The zero-order chi connectivity index (χ0) is 10.1. The fourth-order valence-corrected chi connectivity index (χ4v) is 2.68. The van der Waals surface area contributed by atoms with Gasteiger partial charge >= 0.3 is 0 Å². The lowest BCUT2D eigenvalue weighted by Crippen LogP contribution is -2.63. The molecule has 13 heavy (non-hydrogen) atoms. The molecule has 0 amide bonds. The van der Waals surface area contributed by atoms with Crippen LogP contribution < -0.4 is 0 Å². The predicted molar refractivity (Wildman–Crippen MR) is 47.7 cm³/mol. The summed E-state index contributed by atoms with van der Waals surface area (Å²) in [5.41, 5.74) is -0.839. The molecule has 2 saturated heterocycles. The molecule has 1 N–H and O–H groups in total. The molecule has 0 aromatic carbocycles. The first-order valence-corrected chi connectivity index (χ1v) is 4.69. The lowest BCUT2D eigenvalue weighted by Gasteiger charge is -2.48. The average molecular weight is 186 g/mol. The van der Waals surface area contributed by atoms with Gasteiger partial charge in [0.15, 0.2) is 5.72 Å². The van der Waals surface area contributed by atoms with E-state index < -0.39 is 5.66 Å². The maximum Gasteiger partial charge on any atom is 0.166 e. The number of rotatable bonds is 0. The van der Waals surface area contributed by atoms with Crippen LogP contribution in [0.4, 0.5) is 0 Å². The van der Waals surface area contributed by atoms with Gasteiger partial charge in [0.25, 0.3) is 0 Å². The van der Waals surface area contributed by atoms with Crippen LogP contribution in [0.5, 0.6) is 0 Å². The van der Waals surface area contributed by atoms with Crippen LogP contribution in [0.2, 0.25) is 0 Å². The molecule has 0 saturated carbocycles. The highest BCUT2D eigenvalue weighted by Crippen LogP contribution is 2.53. The van der Waals surface area contributed by atoms with Crippen molar-refractivity contribution in [2.24, 2.45) is 0 Å². The number of nitrogens with zero attached hydrogens (tertiary/aromatic N) is 2. The van der Waals surface area contributed by atoms with Crippen molar-refractivity contribution in [3.8, 4) is 0 Å². The summed E-state index contributed by atoms with van der Waals surface area (Å²) in [5.74, 6) is 0. The Morgan fingerprint density at radius 2 is 1.69 bits per heavy atom. The summed E-state index contributed by atoms with van der Waals surface area (Å²) < 4.78 is 0. The summed E-state index contributed by atoms with van der Waals surface area (Å²) in [6.07, 6.45) is 0.819. The Labute approximate surface area is 79.0 Å². The summed E-state index contributed by atoms with van der Waals surface area (Å²) in [5, 5.41) is 13.2. The van der Waals surface area contributed by atoms with Crippen molar-refractivity contribution in [3.63, 3.8) is 0 Å². The Morgan fingerprint density at radius 3 is 2.23 bits per heavy atom. The van der Waals surface area contributed by atoms with E-state index in [1.807, 2.05) is 32.8 Å². The van der Waals surface area contributed by atoms with Crippen LogP contribution in [0, 0.1) is 0 Å². The van der Waals surface area contributed by atoms with Crippen LogP contribution in [0.25, 0.3) is 0 Å². The highest BCUT2D eigenvalue weighted by atomic mass is 16.9. The molecule has 0 radical (unpaired) electrons. The molecule has 2 aliphatic heterocycles. The molecule has 76 valence electrons. The Bertz CT molecular complexity index is 252. The Kier molecular flexibility index (Phi) is 1.51. The maximum absolute atomic E-state index is 9.99. The molecule has 0 spiro atoms. The summed E-state index contributed by atoms with van der Waals surface area (Å²) >= 11 is 0. The fourth-order valence-electron chi connectivity index (χ4n) is 2.68. The van der Waals surface area contributed by atoms with Gasteiger partial charge in [-0.05, 0) is 34.6 Å². The van der Waals surface area contributed by atoms with Gasteiger partial charge in [-0.25, -0.2) is 0 Å². The molecule has 0 bridgehead atoms. The quantitative estimate of drug-likeness (QED) is 0.583. The first-order valence-electron chi connectivity index (χ1n) is 4.69. The van der Waals surface area contributed by atoms with Gasteiger partial charge in [-0.15, -0.1) is 5.06 Å². The molecule has 2 rings (SSSR count). The molecular formula is C9H18N2O2. The van der Waals surface area contributed by atoms with Crippen LogP contribution in [0.1, 0.15) is 41.0 Å². The number of hydrogen-bond acceptors (Lipinski definition) is 4. The molecular weight excluding hydrogens is 168 g/mol. The molecule has 2 atom stereocenters. The monoisotopic (exact) mass is 186 g/mol. The normalized spacial score (nSPS) is 47.1. The minimum atomic E-state index is -0.434. The summed E-state index contributed by atoms with van der Waals surface area (Å²) in [6.45, 7) is 10.0. The zero-order valence-corrected chi connectivity index (χ0v) is 8.96. The Morgan fingerprint density at radius 1 is 1.15 bits per heavy atom. The van der Waals surface area contributed by atoms with Crippen LogP contribution in [-0.4, -0.2) is 32.3 Å². The Balaban J connectivity index is 2.33. The molecule has 4 nitrogen and oxygen atoms in total. The van der Waals surface area contributed by atoms with E-state index in [9.17, 15) is 5.21 Å². The molecule has 2 unspecified atom stereocenters. The third-order valence-electron chi connectivity index (χ3n) is 3.03. The van der Waals surface area contributed by atoms with Crippen LogP contribution >= 0.6 is 0 Å². The standard InChI is InChI=1S/C9H18N2O2/c1-7(2)6-9(5)11(13-9)8(3,4)10(7)12/h12H,6H2,1-5H3. The minimum absolute atomic E-state index is 0.174. The van der Waals surface area contributed by atoms with Gasteiger partial charge < -0.3 is 5.21 Å². The lowest BCUT2D eigenvalue weighted by molar-refractivity contribution is -0.281. The van der Waals surface area contributed by atoms with Crippen LogP contribution in [-0.2, 0) is 4.84 Å². The van der Waals surface area contributed by atoms with Crippen molar-refractivity contribution in [2.75, 3.05) is 0 Å². The summed E-state index contributed by atoms with van der Waals surface area (Å²) in [4.78, 5) is 5.52. The van der Waals surface area contributed by atoms with Crippen molar-refractivity contribution in [2.45, 2.75) is 58.0 Å². The van der Waals surface area contributed by atoms with Crippen molar-refractivity contribution in [1.82, 2.24) is 10.1 Å². The fraction of sp³-hybridized carbons (Fsp3) is 1.00. The Hall–Kier alpha value is -0.160. The molecule has 2 aliphatic rings. The van der Waals surface area contributed by atoms with E-state index in [0.717, 1.165) is 6.42 Å². The molecule has 0 aromatic heterocycles. The summed E-state index contributed by atoms with van der Waals surface area (Å²) in [6, 6.07) is 0. The van der Waals surface area contributed by atoms with E-state index in [1.54, 1.807) is 0 Å². The van der Waals surface area contributed by atoms with Gasteiger partial charge in [-0.3, -0.25) is 4.84 Å². The van der Waals surface area contributed by atoms with E-state index in [1.165, 1.54) is 5.06 Å². The lowest BCUT2D eigenvalue weighted by atomic mass is 9.88. The van der Waals surface area contributed by atoms with Gasteiger partial charge in [0.05, 0.1) is 0 Å². The second kappa shape index (κ2) is 2.08. The van der Waals surface area contributed by atoms with Crippen molar-refractivity contribution in [3.05, 3.63) is 0 Å². The average Bonchev–Trinajstić information content (AvgIpc) is 2.58. The largest absolute Gasteiger partial charge is 0.312 e. The van der Waals surface area contributed by atoms with Crippen molar-refractivity contribution >= 4 is 0 Å². The minimum Gasteiger partial charge on any atom is -0.312 e. The maximum atomic E-state index is 9.99. The SMILES string of the molecule is CC1(C)CC2(C)ON2C(C)(C)N1O. The third-order valence-corrected chi connectivity index (χ3v) is 3.03. The van der Waals surface area contributed by atoms with Gasteiger partial charge in [0, 0.05) is 12.0 Å². The highest BCUT2D eigenvalue weighted by Gasteiger charge is 2.67. The number of fused-ring (bicyclic) bond motifs is 1. The summed E-state index contributed by atoms with van der Waals surface area (Å²) in [7, 11) is 0. The predicted octanol–water partition coefficient (Wildman–Crippen LogP) is 1.56. The number of hydrogen-bond donors (Lipinski definition) is 1. The second-order valence-electron chi connectivity index (χ2n) is 5.36. The molecule has 2 fully saturated rings. The molecule has 4 heteroatoms. The van der Waals surface area contributed by atoms with Gasteiger partial charge in [-0.2, -0.15) is 5.06 Å². The van der Waals surface area contributed by atoms with Crippen molar-refractivity contribution in [1.29, 1.82) is 0 Å². The van der Waals surface area contributed by atoms with Crippen molar-refractivity contribution < 1.29 is 10.0 Å². The molecule has 2 heterocycles. The zero-order valence-electron chi connectivity index (χ0n) is 8.96. The van der Waals surface area contributed by atoms with E-state index in [0.29, 0.717) is 0 Å². The topological polar surface area (TPSA) is 39.0 Å². The van der Waals surface area contributed by atoms with E-state index >= 15 is 0 Å². The van der Waals surface area contributed by atoms with Crippen LogP contribution in [0.15, 0.2) is 0 Å². The molecule has 0 aromatic rings.